The van der Waals surface area contributed by atoms with Crippen LogP contribution in [0.1, 0.15) is 28.9 Å². The Morgan fingerprint density at radius 3 is 2.19 bits per heavy atom. The van der Waals surface area contributed by atoms with Gasteiger partial charge in [-0.05, 0) is 42.7 Å². The first-order valence-electron chi connectivity index (χ1n) is 11.0. The van der Waals surface area contributed by atoms with Gasteiger partial charge in [0.1, 0.15) is 5.69 Å². The molecule has 9 nitrogen and oxygen atoms in total. The summed E-state index contributed by atoms with van der Waals surface area (Å²) in [6.07, 6.45) is -3.42. The molecule has 0 saturated carbocycles. The van der Waals surface area contributed by atoms with E-state index in [0.29, 0.717) is 31.0 Å². The Kier molecular flexibility index (Phi) is 7.88. The van der Waals surface area contributed by atoms with E-state index in [1.165, 1.54) is 5.56 Å². The lowest BCUT2D eigenvalue weighted by atomic mass is 9.73. The highest BCUT2D eigenvalue weighted by molar-refractivity contribution is 5.99. The van der Waals surface area contributed by atoms with E-state index in [2.05, 4.69) is 22.4 Å². The lowest BCUT2D eigenvalue weighted by molar-refractivity contribution is -0.192. The van der Waals surface area contributed by atoms with Gasteiger partial charge in [0.05, 0.1) is 0 Å². The van der Waals surface area contributed by atoms with Gasteiger partial charge in [0.15, 0.2) is 0 Å². The molecule has 4 rings (SSSR count). The van der Waals surface area contributed by atoms with E-state index in [1.807, 2.05) is 35.2 Å². The first-order chi connectivity index (χ1) is 16.9. The molecule has 0 spiro atoms. The standard InChI is InChI=1S/C22H25N5O2.C2HF3O2/c23-14-22(16-4-2-1-3-5-16)8-10-27(11-9-22)21(29)25-17-6-7-18-15(12-17)13-19(26-18)20(24)28;3-2(4,5)1(6)7/h1-7,12-13,26H,8-11,14,23H2,(H2,24,28)(H,25,29);(H,6,7). The van der Waals surface area contributed by atoms with Crippen LogP contribution in [-0.2, 0) is 10.2 Å². The van der Waals surface area contributed by atoms with Crippen molar-refractivity contribution in [3.63, 3.8) is 0 Å². The number of aliphatic carboxylic acids is 1. The minimum atomic E-state index is -5.08. The van der Waals surface area contributed by atoms with Gasteiger partial charge >= 0.3 is 18.2 Å². The van der Waals surface area contributed by atoms with Crippen molar-refractivity contribution in [3.05, 3.63) is 65.9 Å². The Balaban J connectivity index is 0.000000454. The van der Waals surface area contributed by atoms with E-state index in [0.717, 1.165) is 23.7 Å². The molecule has 1 saturated heterocycles. The Hall–Kier alpha value is -4.06. The number of H-pyrrole nitrogens is 1. The molecular weight excluding hydrogens is 479 g/mol. The zero-order valence-corrected chi connectivity index (χ0v) is 19.1. The van der Waals surface area contributed by atoms with Gasteiger partial charge in [0.2, 0.25) is 0 Å². The number of fused-ring (bicyclic) bond motifs is 1. The molecule has 0 radical (unpaired) electrons. The van der Waals surface area contributed by atoms with Gasteiger partial charge in [-0.15, -0.1) is 0 Å². The fourth-order valence-corrected chi connectivity index (χ4v) is 4.09. The number of carbonyl (C=O) groups excluding carboxylic acids is 2. The number of urea groups is 1. The largest absolute Gasteiger partial charge is 0.490 e. The molecule has 2 heterocycles. The summed E-state index contributed by atoms with van der Waals surface area (Å²) in [6, 6.07) is 17.3. The molecule has 2 aromatic carbocycles. The molecule has 1 aliphatic heterocycles. The number of aromatic amines is 1. The molecule has 1 aliphatic rings. The summed E-state index contributed by atoms with van der Waals surface area (Å²) in [4.78, 5) is 37.8. The van der Waals surface area contributed by atoms with Crippen LogP contribution >= 0.6 is 0 Å². The topological polar surface area (TPSA) is 155 Å². The van der Waals surface area contributed by atoms with Crippen molar-refractivity contribution in [2.75, 3.05) is 25.0 Å². The van der Waals surface area contributed by atoms with Gasteiger partial charge in [-0.2, -0.15) is 13.2 Å². The van der Waals surface area contributed by atoms with Crippen LogP contribution in [0, 0.1) is 0 Å². The van der Waals surface area contributed by atoms with Crippen LogP contribution in [0.3, 0.4) is 0 Å². The molecule has 0 unspecified atom stereocenters. The van der Waals surface area contributed by atoms with E-state index >= 15 is 0 Å². The van der Waals surface area contributed by atoms with E-state index in [9.17, 15) is 22.8 Å². The van der Waals surface area contributed by atoms with Crippen LogP contribution in [0.4, 0.5) is 23.7 Å². The van der Waals surface area contributed by atoms with Crippen molar-refractivity contribution in [2.45, 2.75) is 24.4 Å². The number of piperidine rings is 1. The molecule has 0 bridgehead atoms. The smallest absolute Gasteiger partial charge is 0.475 e. The monoisotopic (exact) mass is 505 g/mol. The van der Waals surface area contributed by atoms with Crippen molar-refractivity contribution in [1.29, 1.82) is 0 Å². The Labute approximate surface area is 204 Å². The number of halogens is 3. The van der Waals surface area contributed by atoms with Crippen LogP contribution < -0.4 is 16.8 Å². The molecule has 1 fully saturated rings. The van der Waals surface area contributed by atoms with E-state index < -0.39 is 18.1 Å². The summed E-state index contributed by atoms with van der Waals surface area (Å²) >= 11 is 0. The second-order valence-electron chi connectivity index (χ2n) is 8.42. The maximum Gasteiger partial charge on any atom is 0.490 e. The van der Waals surface area contributed by atoms with Crippen LogP contribution in [0.2, 0.25) is 0 Å². The summed E-state index contributed by atoms with van der Waals surface area (Å²) in [6.45, 7) is 1.87. The summed E-state index contributed by atoms with van der Waals surface area (Å²) in [7, 11) is 0. The maximum absolute atomic E-state index is 12.8. The molecule has 7 N–H and O–H groups in total. The highest BCUT2D eigenvalue weighted by atomic mass is 19.4. The Bertz CT molecular complexity index is 1240. The summed E-state index contributed by atoms with van der Waals surface area (Å²) in [5.41, 5.74) is 14.4. The number of nitrogens with two attached hydrogens (primary N) is 2. The molecule has 0 atom stereocenters. The lowest BCUT2D eigenvalue weighted by Gasteiger charge is -2.41. The average Bonchev–Trinajstić information content (AvgIpc) is 3.28. The van der Waals surface area contributed by atoms with Gasteiger partial charge in [0, 0.05) is 41.6 Å². The second kappa shape index (κ2) is 10.7. The van der Waals surface area contributed by atoms with Gasteiger partial charge < -0.3 is 31.8 Å². The van der Waals surface area contributed by atoms with Crippen LogP contribution in [0.15, 0.2) is 54.6 Å². The molecule has 12 heteroatoms. The highest BCUT2D eigenvalue weighted by Crippen LogP contribution is 2.34. The van der Waals surface area contributed by atoms with E-state index in [-0.39, 0.29) is 11.4 Å². The van der Waals surface area contributed by atoms with Gasteiger partial charge in [0.25, 0.3) is 5.91 Å². The highest BCUT2D eigenvalue weighted by Gasteiger charge is 2.38. The van der Waals surface area contributed by atoms with Crippen LogP contribution in [0.5, 0.6) is 0 Å². The third-order valence-electron chi connectivity index (χ3n) is 6.16. The minimum absolute atomic E-state index is 0.0762. The number of likely N-dealkylation sites (tertiary alicyclic amines) is 1. The van der Waals surface area contributed by atoms with E-state index in [1.54, 1.807) is 12.1 Å². The van der Waals surface area contributed by atoms with Crippen molar-refractivity contribution in [1.82, 2.24) is 9.88 Å². The first-order valence-corrected chi connectivity index (χ1v) is 11.0. The Morgan fingerprint density at radius 2 is 1.67 bits per heavy atom. The predicted molar refractivity (Wildman–Crippen MR) is 128 cm³/mol. The zero-order chi connectivity index (χ0) is 26.5. The number of carboxylic acid groups (broad SMARTS) is 1. The summed E-state index contributed by atoms with van der Waals surface area (Å²) in [5.74, 6) is -3.27. The van der Waals surface area contributed by atoms with E-state index in [4.69, 9.17) is 21.4 Å². The molecule has 36 heavy (non-hydrogen) atoms. The number of amides is 3. The summed E-state index contributed by atoms with van der Waals surface area (Å²) in [5, 5.41) is 10.9. The zero-order valence-electron chi connectivity index (χ0n) is 19.1. The number of aromatic nitrogens is 1. The minimum Gasteiger partial charge on any atom is -0.475 e. The Morgan fingerprint density at radius 1 is 1.06 bits per heavy atom. The fourth-order valence-electron chi connectivity index (χ4n) is 4.09. The number of hydrogen-bond acceptors (Lipinski definition) is 4. The fraction of sp³-hybridized carbons (Fsp3) is 0.292. The number of alkyl halides is 3. The number of anilines is 1. The number of carbonyl (C=O) groups is 3. The van der Waals surface area contributed by atoms with Crippen LogP contribution in [-0.4, -0.2) is 58.7 Å². The number of nitrogens with one attached hydrogen (secondary N) is 2. The first kappa shape index (κ1) is 26.5. The molecule has 3 amide bonds. The number of rotatable bonds is 4. The van der Waals surface area contributed by atoms with Gasteiger partial charge in [-0.1, -0.05) is 30.3 Å². The van der Waals surface area contributed by atoms with Crippen molar-refractivity contribution in [2.24, 2.45) is 11.5 Å². The second-order valence-corrected chi connectivity index (χ2v) is 8.42. The van der Waals surface area contributed by atoms with Crippen molar-refractivity contribution < 1.29 is 32.7 Å². The van der Waals surface area contributed by atoms with Crippen LogP contribution in [0.25, 0.3) is 10.9 Å². The number of carboxylic acids is 1. The average molecular weight is 505 g/mol. The summed E-state index contributed by atoms with van der Waals surface area (Å²) < 4.78 is 31.7. The maximum atomic E-state index is 12.8. The lowest BCUT2D eigenvalue weighted by Crippen LogP contribution is -2.49. The molecule has 1 aromatic heterocycles. The molecule has 192 valence electrons. The number of benzene rings is 2. The number of hydrogen-bond donors (Lipinski definition) is 5. The van der Waals surface area contributed by atoms with Gasteiger partial charge in [-0.3, -0.25) is 4.79 Å². The third kappa shape index (κ3) is 6.13. The normalized spacial score (nSPS) is 15.1. The molecular formula is C24H26F3N5O4. The quantitative estimate of drug-likeness (QED) is 0.368. The molecule has 0 aliphatic carbocycles. The van der Waals surface area contributed by atoms with Gasteiger partial charge in [-0.25, -0.2) is 9.59 Å². The van der Waals surface area contributed by atoms with Crippen molar-refractivity contribution in [3.8, 4) is 0 Å². The van der Waals surface area contributed by atoms with Crippen molar-refractivity contribution >= 4 is 34.5 Å². The molecule has 3 aromatic rings. The predicted octanol–water partition coefficient (Wildman–Crippen LogP) is 3.42. The number of primary amides is 1. The third-order valence-corrected chi connectivity index (χ3v) is 6.16. The number of nitrogens with zero attached hydrogens (tertiary/aromatic N) is 1. The SMILES string of the molecule is NCC1(c2ccccc2)CCN(C(=O)Nc2ccc3[nH]c(C(N)=O)cc3c2)CC1.O=C(O)C(F)(F)F.